The van der Waals surface area contributed by atoms with Crippen molar-refractivity contribution >= 4 is 22.6 Å². The first-order chi connectivity index (χ1) is 11.6. The van der Waals surface area contributed by atoms with Crippen LogP contribution in [0.1, 0.15) is 62.5 Å². The third-order valence-electron chi connectivity index (χ3n) is 5.05. The summed E-state index contributed by atoms with van der Waals surface area (Å²) in [5, 5.41) is 9.45. The molecule has 0 aromatic heterocycles. The van der Waals surface area contributed by atoms with E-state index >= 15 is 0 Å². The molecule has 0 fully saturated rings. The summed E-state index contributed by atoms with van der Waals surface area (Å²) < 4.78 is 1.21. The lowest BCUT2D eigenvalue weighted by Gasteiger charge is -2.22. The quantitative estimate of drug-likeness (QED) is 0.335. The summed E-state index contributed by atoms with van der Waals surface area (Å²) in [6, 6.07) is 18.7. The number of phenols is 1. The van der Waals surface area contributed by atoms with Gasteiger partial charge in [-0.1, -0.05) is 78.9 Å². The van der Waals surface area contributed by atoms with Gasteiger partial charge in [0.15, 0.2) is 0 Å². The Morgan fingerprint density at radius 2 is 1.58 bits per heavy atom. The van der Waals surface area contributed by atoms with Crippen molar-refractivity contribution in [3.63, 3.8) is 0 Å². The Morgan fingerprint density at radius 3 is 2.17 bits per heavy atom. The molecule has 130 valence electrons. The molecule has 0 radical (unpaired) electrons. The molecule has 0 bridgehead atoms. The predicted octanol–water partition coefficient (Wildman–Crippen LogP) is 6.91. The predicted molar refractivity (Wildman–Crippen MR) is 112 cm³/mol. The third kappa shape index (κ3) is 5.80. The van der Waals surface area contributed by atoms with Gasteiger partial charge >= 0.3 is 0 Å². The summed E-state index contributed by atoms with van der Waals surface area (Å²) in [6.45, 7) is 4.61. The zero-order valence-corrected chi connectivity index (χ0v) is 16.9. The van der Waals surface area contributed by atoms with Crippen LogP contribution < -0.4 is 0 Å². The van der Waals surface area contributed by atoms with Gasteiger partial charge in [-0.3, -0.25) is 0 Å². The van der Waals surface area contributed by atoms with Crippen LogP contribution in [-0.4, -0.2) is 9.53 Å². The van der Waals surface area contributed by atoms with Crippen LogP contribution in [-0.2, 0) is 0 Å². The summed E-state index contributed by atoms with van der Waals surface area (Å²) in [5.74, 6) is 2.33. The lowest BCUT2D eigenvalue weighted by molar-refractivity contribution is 0.424. The van der Waals surface area contributed by atoms with Crippen molar-refractivity contribution in [2.75, 3.05) is 4.43 Å². The highest BCUT2D eigenvalue weighted by atomic mass is 127. The van der Waals surface area contributed by atoms with E-state index in [1.807, 2.05) is 0 Å². The average molecular weight is 436 g/mol. The van der Waals surface area contributed by atoms with Gasteiger partial charge < -0.3 is 5.11 Å². The zero-order valence-electron chi connectivity index (χ0n) is 14.8. The maximum Gasteiger partial charge on any atom is 0.115 e. The van der Waals surface area contributed by atoms with Crippen LogP contribution in [0.25, 0.3) is 0 Å². The Morgan fingerprint density at radius 1 is 0.917 bits per heavy atom. The second kappa shape index (κ2) is 10.1. The number of aromatic hydroxyl groups is 1. The highest BCUT2D eigenvalue weighted by Gasteiger charge is 2.17. The number of hydrogen-bond donors (Lipinski definition) is 1. The van der Waals surface area contributed by atoms with Crippen LogP contribution in [0.2, 0.25) is 0 Å². The van der Waals surface area contributed by atoms with Crippen LogP contribution in [0, 0.1) is 5.92 Å². The van der Waals surface area contributed by atoms with Crippen LogP contribution in [0.3, 0.4) is 0 Å². The molecule has 0 amide bonds. The molecule has 3 atom stereocenters. The van der Waals surface area contributed by atoms with Gasteiger partial charge in [-0.2, -0.15) is 0 Å². The molecule has 0 heterocycles. The topological polar surface area (TPSA) is 20.2 Å². The molecule has 24 heavy (non-hydrogen) atoms. The lowest BCUT2D eigenvalue weighted by Crippen LogP contribution is -2.09. The van der Waals surface area contributed by atoms with Crippen molar-refractivity contribution in [2.45, 2.75) is 51.4 Å². The maximum atomic E-state index is 9.45. The molecular formula is C22H29IO. The molecule has 2 heteroatoms. The Labute approximate surface area is 160 Å². The molecule has 1 N–H and O–H groups in total. The number of benzene rings is 2. The first-order valence-electron chi connectivity index (χ1n) is 9.03. The average Bonchev–Trinajstić information content (AvgIpc) is 2.62. The molecule has 1 nitrogen and oxygen atoms in total. The Balaban J connectivity index is 1.90. The van der Waals surface area contributed by atoms with E-state index in [1.54, 1.807) is 12.1 Å². The fraction of sp³-hybridized carbons (Fsp3) is 0.455. The SMILES string of the molecule is CCC(CCC(CI)CC(C)c1ccc(O)cc1)c1ccccc1. The van der Waals surface area contributed by atoms with Crippen LogP contribution in [0.5, 0.6) is 5.75 Å². The second-order valence-electron chi connectivity index (χ2n) is 6.84. The van der Waals surface area contributed by atoms with Gasteiger partial charge in [0.2, 0.25) is 0 Å². The standard InChI is InChI=1S/C22H29IO/c1-3-19(21-7-5-4-6-8-21)10-9-18(16-23)15-17(2)20-11-13-22(24)14-12-20/h4-8,11-14,17-19,24H,3,9-10,15-16H2,1-2H3. The normalized spacial score (nSPS) is 15.0. The number of phenolic OH excluding ortho intramolecular Hbond substituents is 1. The minimum atomic E-state index is 0.352. The molecule has 3 unspecified atom stereocenters. The molecule has 0 aliphatic carbocycles. The molecule has 2 rings (SSSR count). The van der Waals surface area contributed by atoms with Crippen molar-refractivity contribution in [3.8, 4) is 5.75 Å². The number of rotatable bonds is 9. The lowest BCUT2D eigenvalue weighted by atomic mass is 9.84. The van der Waals surface area contributed by atoms with Gasteiger partial charge in [-0.05, 0) is 66.7 Å². The van der Waals surface area contributed by atoms with Gasteiger partial charge in [-0.15, -0.1) is 0 Å². The van der Waals surface area contributed by atoms with Crippen LogP contribution in [0.15, 0.2) is 54.6 Å². The summed E-state index contributed by atoms with van der Waals surface area (Å²) in [7, 11) is 0. The van der Waals surface area contributed by atoms with E-state index in [9.17, 15) is 5.11 Å². The highest BCUT2D eigenvalue weighted by molar-refractivity contribution is 14.1. The Bertz CT molecular complexity index is 579. The van der Waals surface area contributed by atoms with E-state index in [2.05, 4.69) is 78.9 Å². The molecule has 0 spiro atoms. The van der Waals surface area contributed by atoms with E-state index in [1.165, 1.54) is 41.2 Å². The van der Waals surface area contributed by atoms with E-state index in [4.69, 9.17) is 0 Å². The largest absolute Gasteiger partial charge is 0.508 e. The monoisotopic (exact) mass is 436 g/mol. The number of hydrogen-bond acceptors (Lipinski definition) is 1. The van der Waals surface area contributed by atoms with E-state index in [0.29, 0.717) is 17.6 Å². The summed E-state index contributed by atoms with van der Waals surface area (Å²) in [6.07, 6.45) is 5.00. The van der Waals surface area contributed by atoms with Crippen molar-refractivity contribution in [3.05, 3.63) is 65.7 Å². The van der Waals surface area contributed by atoms with Crippen molar-refractivity contribution in [1.82, 2.24) is 0 Å². The summed E-state index contributed by atoms with van der Waals surface area (Å²) >= 11 is 2.54. The van der Waals surface area contributed by atoms with E-state index in [-0.39, 0.29) is 0 Å². The second-order valence-corrected chi connectivity index (χ2v) is 7.72. The fourth-order valence-corrected chi connectivity index (χ4v) is 4.27. The molecule has 0 saturated carbocycles. The molecule has 2 aromatic rings. The summed E-state index contributed by atoms with van der Waals surface area (Å²) in [4.78, 5) is 0. The molecule has 2 aromatic carbocycles. The molecular weight excluding hydrogens is 407 g/mol. The van der Waals surface area contributed by atoms with Crippen molar-refractivity contribution in [2.24, 2.45) is 5.92 Å². The zero-order chi connectivity index (χ0) is 17.4. The van der Waals surface area contributed by atoms with Crippen molar-refractivity contribution < 1.29 is 5.11 Å². The highest BCUT2D eigenvalue weighted by Crippen LogP contribution is 2.32. The first-order valence-corrected chi connectivity index (χ1v) is 10.6. The number of alkyl halides is 1. The van der Waals surface area contributed by atoms with Crippen LogP contribution in [0.4, 0.5) is 0 Å². The van der Waals surface area contributed by atoms with Gasteiger partial charge in [0.25, 0.3) is 0 Å². The minimum absolute atomic E-state index is 0.352. The van der Waals surface area contributed by atoms with Crippen molar-refractivity contribution in [1.29, 1.82) is 0 Å². The molecule has 0 saturated heterocycles. The van der Waals surface area contributed by atoms with E-state index < -0.39 is 0 Å². The Hall–Kier alpha value is -1.03. The minimum Gasteiger partial charge on any atom is -0.508 e. The Kier molecular flexibility index (Phi) is 8.10. The molecule has 0 aliphatic heterocycles. The van der Waals surface area contributed by atoms with Gasteiger partial charge in [0.1, 0.15) is 5.75 Å². The smallest absolute Gasteiger partial charge is 0.115 e. The van der Waals surface area contributed by atoms with Crippen LogP contribution >= 0.6 is 22.6 Å². The summed E-state index contributed by atoms with van der Waals surface area (Å²) in [5.41, 5.74) is 2.82. The number of halogens is 1. The fourth-order valence-electron chi connectivity index (χ4n) is 3.47. The maximum absolute atomic E-state index is 9.45. The van der Waals surface area contributed by atoms with Gasteiger partial charge in [-0.25, -0.2) is 0 Å². The van der Waals surface area contributed by atoms with Gasteiger partial charge in [0.05, 0.1) is 0 Å². The van der Waals surface area contributed by atoms with Gasteiger partial charge in [0, 0.05) is 4.43 Å². The molecule has 0 aliphatic rings. The van der Waals surface area contributed by atoms with E-state index in [0.717, 1.165) is 5.92 Å². The first kappa shape index (κ1) is 19.3. The third-order valence-corrected chi connectivity index (χ3v) is 6.30.